The summed E-state index contributed by atoms with van der Waals surface area (Å²) in [4.78, 5) is 16.1. The van der Waals surface area contributed by atoms with E-state index >= 15 is 0 Å². The third-order valence-electron chi connectivity index (χ3n) is 3.06. The molecule has 0 spiro atoms. The molecule has 0 aliphatic heterocycles. The van der Waals surface area contributed by atoms with E-state index in [1.54, 1.807) is 24.3 Å². The number of rotatable bonds is 7. The lowest BCUT2D eigenvalue weighted by Gasteiger charge is -2.30. The van der Waals surface area contributed by atoms with E-state index in [2.05, 4.69) is 4.90 Å². The Bertz CT molecular complexity index is 418. The molecule has 5 nitrogen and oxygen atoms in total. The monoisotopic (exact) mass is 279 g/mol. The molecule has 1 atom stereocenters. The molecule has 0 aliphatic rings. The SMILES string of the molecule is CCN(C(=O)COc1ccc(N)cc1)C(C)CN(C)C. The minimum Gasteiger partial charge on any atom is -0.484 e. The molecule has 1 rings (SSSR count). The number of hydrogen-bond donors (Lipinski definition) is 1. The third kappa shape index (κ3) is 5.09. The lowest BCUT2D eigenvalue weighted by Crippen LogP contribution is -2.45. The van der Waals surface area contributed by atoms with Crippen LogP contribution in [0.5, 0.6) is 5.75 Å². The molecule has 0 bridgehead atoms. The van der Waals surface area contributed by atoms with E-state index in [4.69, 9.17) is 10.5 Å². The third-order valence-corrected chi connectivity index (χ3v) is 3.06. The molecule has 20 heavy (non-hydrogen) atoms. The Morgan fingerprint density at radius 1 is 1.30 bits per heavy atom. The van der Waals surface area contributed by atoms with Crippen molar-refractivity contribution < 1.29 is 9.53 Å². The fourth-order valence-corrected chi connectivity index (χ4v) is 2.15. The normalized spacial score (nSPS) is 12.2. The second kappa shape index (κ2) is 7.75. The summed E-state index contributed by atoms with van der Waals surface area (Å²) in [5.41, 5.74) is 6.28. The Morgan fingerprint density at radius 2 is 1.90 bits per heavy atom. The molecule has 1 aromatic rings. The van der Waals surface area contributed by atoms with Gasteiger partial charge >= 0.3 is 0 Å². The maximum Gasteiger partial charge on any atom is 0.260 e. The quantitative estimate of drug-likeness (QED) is 0.767. The van der Waals surface area contributed by atoms with Crippen LogP contribution >= 0.6 is 0 Å². The lowest BCUT2D eigenvalue weighted by molar-refractivity contribution is -0.135. The van der Waals surface area contributed by atoms with Crippen molar-refractivity contribution in [2.75, 3.05) is 39.5 Å². The largest absolute Gasteiger partial charge is 0.484 e. The highest BCUT2D eigenvalue weighted by molar-refractivity contribution is 5.78. The van der Waals surface area contributed by atoms with Gasteiger partial charge in [0.1, 0.15) is 5.75 Å². The van der Waals surface area contributed by atoms with Crippen molar-refractivity contribution in [2.24, 2.45) is 0 Å². The van der Waals surface area contributed by atoms with E-state index in [0.29, 0.717) is 18.0 Å². The highest BCUT2D eigenvalue weighted by Crippen LogP contribution is 2.13. The molecule has 1 unspecified atom stereocenters. The van der Waals surface area contributed by atoms with Gasteiger partial charge in [0, 0.05) is 24.8 Å². The van der Waals surface area contributed by atoms with Crippen molar-refractivity contribution in [3.63, 3.8) is 0 Å². The van der Waals surface area contributed by atoms with Crippen molar-refractivity contribution in [1.82, 2.24) is 9.80 Å². The molecule has 1 aromatic carbocycles. The molecule has 0 saturated carbocycles. The first-order valence-electron chi connectivity index (χ1n) is 6.86. The van der Waals surface area contributed by atoms with Gasteiger partial charge in [-0.3, -0.25) is 4.79 Å². The Kier molecular flexibility index (Phi) is 6.31. The first-order chi connectivity index (χ1) is 9.43. The average Bonchev–Trinajstić information content (AvgIpc) is 2.38. The summed E-state index contributed by atoms with van der Waals surface area (Å²) >= 11 is 0. The maximum absolute atomic E-state index is 12.2. The van der Waals surface area contributed by atoms with E-state index in [0.717, 1.165) is 6.54 Å². The van der Waals surface area contributed by atoms with Gasteiger partial charge in [0.05, 0.1) is 0 Å². The van der Waals surface area contributed by atoms with Gasteiger partial charge in [-0.05, 0) is 52.2 Å². The maximum atomic E-state index is 12.2. The standard InChI is InChI=1S/C15H25N3O2/c1-5-18(12(2)10-17(3)4)15(19)11-20-14-8-6-13(16)7-9-14/h6-9,12H,5,10-11,16H2,1-4H3. The average molecular weight is 279 g/mol. The number of carbonyl (C=O) groups excluding carboxylic acids is 1. The number of anilines is 1. The first-order valence-corrected chi connectivity index (χ1v) is 6.86. The van der Waals surface area contributed by atoms with Crippen LogP contribution in [-0.4, -0.2) is 55.5 Å². The molecule has 0 saturated heterocycles. The summed E-state index contributed by atoms with van der Waals surface area (Å²) in [6, 6.07) is 7.21. The zero-order valence-corrected chi connectivity index (χ0v) is 12.8. The van der Waals surface area contributed by atoms with E-state index in [-0.39, 0.29) is 18.6 Å². The van der Waals surface area contributed by atoms with E-state index in [1.165, 1.54) is 0 Å². The molecule has 0 radical (unpaired) electrons. The topological polar surface area (TPSA) is 58.8 Å². The fourth-order valence-electron chi connectivity index (χ4n) is 2.15. The minimum atomic E-state index is -0.00123. The number of nitrogen functional groups attached to an aromatic ring is 1. The molecular weight excluding hydrogens is 254 g/mol. The number of benzene rings is 1. The van der Waals surface area contributed by atoms with Crippen LogP contribution in [0.4, 0.5) is 5.69 Å². The smallest absolute Gasteiger partial charge is 0.260 e. The van der Waals surface area contributed by atoms with Crippen LogP contribution in [0.15, 0.2) is 24.3 Å². The highest BCUT2D eigenvalue weighted by Gasteiger charge is 2.19. The van der Waals surface area contributed by atoms with Crippen molar-refractivity contribution >= 4 is 11.6 Å². The van der Waals surface area contributed by atoms with Crippen LogP contribution in [0.25, 0.3) is 0 Å². The highest BCUT2D eigenvalue weighted by atomic mass is 16.5. The van der Waals surface area contributed by atoms with Crippen molar-refractivity contribution in [3.8, 4) is 5.75 Å². The summed E-state index contributed by atoms with van der Waals surface area (Å²) in [5.74, 6) is 0.655. The zero-order valence-electron chi connectivity index (χ0n) is 12.8. The Balaban J connectivity index is 2.52. The lowest BCUT2D eigenvalue weighted by atomic mass is 10.2. The van der Waals surface area contributed by atoms with Crippen LogP contribution in [0.3, 0.4) is 0 Å². The van der Waals surface area contributed by atoms with Gasteiger partial charge < -0.3 is 20.3 Å². The summed E-state index contributed by atoms with van der Waals surface area (Å²) in [7, 11) is 4.00. The van der Waals surface area contributed by atoms with Crippen LogP contribution in [0.2, 0.25) is 0 Å². The molecule has 0 fully saturated rings. The number of ether oxygens (including phenoxy) is 1. The Morgan fingerprint density at radius 3 is 2.40 bits per heavy atom. The van der Waals surface area contributed by atoms with E-state index in [1.807, 2.05) is 32.8 Å². The molecule has 1 amide bonds. The summed E-state index contributed by atoms with van der Waals surface area (Å²) in [6.45, 7) is 5.59. The number of nitrogens with two attached hydrogens (primary N) is 1. The first kappa shape index (κ1) is 16.3. The Labute approximate surface area is 121 Å². The Hall–Kier alpha value is -1.75. The van der Waals surface area contributed by atoms with Crippen LogP contribution in [-0.2, 0) is 4.79 Å². The minimum absolute atomic E-state index is 0.00123. The van der Waals surface area contributed by atoms with Gasteiger partial charge in [-0.15, -0.1) is 0 Å². The van der Waals surface area contributed by atoms with Crippen LogP contribution < -0.4 is 10.5 Å². The van der Waals surface area contributed by atoms with Gasteiger partial charge in [0.25, 0.3) is 5.91 Å². The molecular formula is C15H25N3O2. The van der Waals surface area contributed by atoms with Gasteiger partial charge in [0.15, 0.2) is 6.61 Å². The van der Waals surface area contributed by atoms with Gasteiger partial charge in [-0.2, -0.15) is 0 Å². The van der Waals surface area contributed by atoms with Crippen molar-refractivity contribution in [2.45, 2.75) is 19.9 Å². The van der Waals surface area contributed by atoms with Crippen LogP contribution in [0.1, 0.15) is 13.8 Å². The summed E-state index contributed by atoms with van der Waals surface area (Å²) in [6.07, 6.45) is 0. The number of likely N-dealkylation sites (N-methyl/N-ethyl adjacent to an activating group) is 2. The van der Waals surface area contributed by atoms with Crippen LogP contribution in [0, 0.1) is 0 Å². The molecule has 0 aliphatic carbocycles. The number of carbonyl (C=O) groups is 1. The predicted molar refractivity (Wildman–Crippen MR) is 81.8 cm³/mol. The number of amides is 1. The molecule has 0 aromatic heterocycles. The number of nitrogens with zero attached hydrogens (tertiary/aromatic N) is 2. The summed E-state index contributed by atoms with van der Waals surface area (Å²) < 4.78 is 5.50. The summed E-state index contributed by atoms with van der Waals surface area (Å²) in [5, 5.41) is 0. The zero-order chi connectivity index (χ0) is 15.1. The van der Waals surface area contributed by atoms with Gasteiger partial charge in [-0.1, -0.05) is 0 Å². The van der Waals surface area contributed by atoms with Gasteiger partial charge in [0.2, 0.25) is 0 Å². The van der Waals surface area contributed by atoms with E-state index in [9.17, 15) is 4.79 Å². The fraction of sp³-hybridized carbons (Fsp3) is 0.533. The van der Waals surface area contributed by atoms with Crippen molar-refractivity contribution in [1.29, 1.82) is 0 Å². The molecule has 0 heterocycles. The molecule has 112 valence electrons. The number of hydrogen-bond acceptors (Lipinski definition) is 4. The van der Waals surface area contributed by atoms with Crippen molar-refractivity contribution in [3.05, 3.63) is 24.3 Å². The molecule has 2 N–H and O–H groups in total. The molecule has 5 heteroatoms. The van der Waals surface area contributed by atoms with E-state index < -0.39 is 0 Å². The predicted octanol–water partition coefficient (Wildman–Crippen LogP) is 1.45. The second-order valence-corrected chi connectivity index (χ2v) is 5.15. The van der Waals surface area contributed by atoms with Gasteiger partial charge in [-0.25, -0.2) is 0 Å². The second-order valence-electron chi connectivity index (χ2n) is 5.15.